The highest BCUT2D eigenvalue weighted by Gasteiger charge is 2.31. The largest absolute Gasteiger partial charge is 0.352 e. The zero-order chi connectivity index (χ0) is 12.5. The molecule has 1 aromatic heterocycles. The van der Waals surface area contributed by atoms with E-state index in [9.17, 15) is 4.79 Å². The van der Waals surface area contributed by atoms with Crippen molar-refractivity contribution in [3.8, 4) is 0 Å². The van der Waals surface area contributed by atoms with Crippen molar-refractivity contribution in [1.82, 2.24) is 10.3 Å². The number of rotatable bonds is 2. The molecule has 1 aromatic rings. The zero-order valence-corrected chi connectivity index (χ0v) is 10.6. The standard InChI is InChI=1S/C13H19N3O/c1-13(2,3)12(17)15-10-8-16(9-10)11-6-4-5-7-14-11/h4-7,10H,8-9H2,1-3H3,(H,15,17). The average molecular weight is 233 g/mol. The van der Waals surface area contributed by atoms with Gasteiger partial charge in [-0.15, -0.1) is 0 Å². The predicted molar refractivity (Wildman–Crippen MR) is 67.8 cm³/mol. The van der Waals surface area contributed by atoms with Gasteiger partial charge < -0.3 is 10.2 Å². The summed E-state index contributed by atoms with van der Waals surface area (Å²) in [6.45, 7) is 7.48. The van der Waals surface area contributed by atoms with Crippen molar-refractivity contribution < 1.29 is 4.79 Å². The van der Waals surface area contributed by atoms with E-state index in [0.29, 0.717) is 0 Å². The first kappa shape index (κ1) is 11.9. The first-order valence-electron chi connectivity index (χ1n) is 5.94. The van der Waals surface area contributed by atoms with E-state index in [1.807, 2.05) is 39.0 Å². The van der Waals surface area contributed by atoms with Crippen molar-refractivity contribution in [2.45, 2.75) is 26.8 Å². The van der Waals surface area contributed by atoms with Gasteiger partial charge in [0.2, 0.25) is 5.91 Å². The van der Waals surface area contributed by atoms with Gasteiger partial charge in [-0.2, -0.15) is 0 Å². The summed E-state index contributed by atoms with van der Waals surface area (Å²) in [5.74, 6) is 1.09. The number of amides is 1. The van der Waals surface area contributed by atoms with Gasteiger partial charge in [0.25, 0.3) is 0 Å². The van der Waals surface area contributed by atoms with E-state index in [2.05, 4.69) is 15.2 Å². The molecule has 0 aromatic carbocycles. The van der Waals surface area contributed by atoms with E-state index in [4.69, 9.17) is 0 Å². The normalized spacial score (nSPS) is 16.5. The summed E-state index contributed by atoms with van der Waals surface area (Å²) < 4.78 is 0. The van der Waals surface area contributed by atoms with Crippen LogP contribution in [0.2, 0.25) is 0 Å². The van der Waals surface area contributed by atoms with Crippen LogP contribution in [0.25, 0.3) is 0 Å². The molecule has 2 rings (SSSR count). The number of hydrogen-bond donors (Lipinski definition) is 1. The molecule has 0 unspecified atom stereocenters. The lowest BCUT2D eigenvalue weighted by atomic mass is 9.94. The Morgan fingerprint density at radius 3 is 2.65 bits per heavy atom. The number of anilines is 1. The lowest BCUT2D eigenvalue weighted by Gasteiger charge is -2.41. The van der Waals surface area contributed by atoms with Crippen molar-refractivity contribution in [1.29, 1.82) is 0 Å². The van der Waals surface area contributed by atoms with Crippen molar-refractivity contribution >= 4 is 11.7 Å². The smallest absolute Gasteiger partial charge is 0.225 e. The van der Waals surface area contributed by atoms with E-state index in [-0.39, 0.29) is 17.4 Å². The average Bonchev–Trinajstić information content (AvgIpc) is 2.22. The topological polar surface area (TPSA) is 45.2 Å². The second-order valence-electron chi connectivity index (χ2n) is 5.51. The molecule has 0 saturated carbocycles. The Morgan fingerprint density at radius 2 is 2.12 bits per heavy atom. The molecule has 0 aliphatic carbocycles. The molecular formula is C13H19N3O. The van der Waals surface area contributed by atoms with Gasteiger partial charge >= 0.3 is 0 Å². The molecule has 4 nitrogen and oxygen atoms in total. The monoisotopic (exact) mass is 233 g/mol. The van der Waals surface area contributed by atoms with Crippen LogP contribution in [0.5, 0.6) is 0 Å². The van der Waals surface area contributed by atoms with Crippen molar-refractivity contribution in [2.24, 2.45) is 5.41 Å². The molecule has 92 valence electrons. The first-order chi connectivity index (χ1) is 7.97. The molecule has 1 aliphatic rings. The van der Waals surface area contributed by atoms with Crippen molar-refractivity contribution in [3.05, 3.63) is 24.4 Å². The third-order valence-corrected chi connectivity index (χ3v) is 2.87. The Labute approximate surface area is 102 Å². The number of nitrogens with one attached hydrogen (secondary N) is 1. The van der Waals surface area contributed by atoms with Crippen LogP contribution in [0.4, 0.5) is 5.82 Å². The molecular weight excluding hydrogens is 214 g/mol. The van der Waals surface area contributed by atoms with Crippen LogP contribution in [0.1, 0.15) is 20.8 Å². The summed E-state index contributed by atoms with van der Waals surface area (Å²) in [7, 11) is 0. The van der Waals surface area contributed by atoms with Crippen LogP contribution < -0.4 is 10.2 Å². The molecule has 4 heteroatoms. The molecule has 2 heterocycles. The van der Waals surface area contributed by atoms with Gasteiger partial charge in [-0.3, -0.25) is 4.79 Å². The highest BCUT2D eigenvalue weighted by Crippen LogP contribution is 2.19. The number of carbonyl (C=O) groups excluding carboxylic acids is 1. The minimum absolute atomic E-state index is 0.114. The molecule has 0 spiro atoms. The fourth-order valence-corrected chi connectivity index (χ4v) is 1.70. The minimum atomic E-state index is -0.314. The van der Waals surface area contributed by atoms with Crippen molar-refractivity contribution in [2.75, 3.05) is 18.0 Å². The van der Waals surface area contributed by atoms with E-state index in [1.165, 1.54) is 0 Å². The molecule has 1 N–H and O–H groups in total. The van der Waals surface area contributed by atoms with Crippen LogP contribution in [-0.4, -0.2) is 30.0 Å². The first-order valence-corrected chi connectivity index (χ1v) is 5.94. The predicted octanol–water partition coefficient (Wildman–Crippen LogP) is 1.43. The summed E-state index contributed by atoms with van der Waals surface area (Å²) in [5.41, 5.74) is -0.314. The van der Waals surface area contributed by atoms with Crippen LogP contribution in [-0.2, 0) is 4.79 Å². The molecule has 1 saturated heterocycles. The van der Waals surface area contributed by atoms with Crippen LogP contribution in [0, 0.1) is 5.41 Å². The maximum absolute atomic E-state index is 11.8. The third-order valence-electron chi connectivity index (χ3n) is 2.87. The summed E-state index contributed by atoms with van der Waals surface area (Å²) in [6, 6.07) is 6.12. The number of aromatic nitrogens is 1. The third kappa shape index (κ3) is 2.75. The number of carbonyl (C=O) groups is 1. The molecule has 1 fully saturated rings. The van der Waals surface area contributed by atoms with Gasteiger partial charge in [0.15, 0.2) is 0 Å². The molecule has 0 radical (unpaired) electrons. The van der Waals surface area contributed by atoms with Gasteiger partial charge in [0.05, 0.1) is 6.04 Å². The van der Waals surface area contributed by atoms with E-state index < -0.39 is 0 Å². The zero-order valence-electron chi connectivity index (χ0n) is 10.6. The Balaban J connectivity index is 1.82. The summed E-state index contributed by atoms with van der Waals surface area (Å²) >= 11 is 0. The van der Waals surface area contributed by atoms with E-state index in [0.717, 1.165) is 18.9 Å². The fourth-order valence-electron chi connectivity index (χ4n) is 1.70. The quantitative estimate of drug-likeness (QED) is 0.840. The molecule has 17 heavy (non-hydrogen) atoms. The lowest BCUT2D eigenvalue weighted by molar-refractivity contribution is -0.129. The van der Waals surface area contributed by atoms with Crippen LogP contribution >= 0.6 is 0 Å². The van der Waals surface area contributed by atoms with Gasteiger partial charge in [-0.05, 0) is 12.1 Å². The van der Waals surface area contributed by atoms with Gasteiger partial charge in [-0.1, -0.05) is 26.8 Å². The summed E-state index contributed by atoms with van der Waals surface area (Å²) in [5, 5.41) is 3.05. The Hall–Kier alpha value is -1.58. The maximum Gasteiger partial charge on any atom is 0.225 e. The fraction of sp³-hybridized carbons (Fsp3) is 0.538. The Kier molecular flexibility index (Phi) is 3.05. The van der Waals surface area contributed by atoms with Crippen molar-refractivity contribution in [3.63, 3.8) is 0 Å². The molecule has 0 bridgehead atoms. The number of hydrogen-bond acceptors (Lipinski definition) is 3. The van der Waals surface area contributed by atoms with Gasteiger partial charge in [-0.25, -0.2) is 4.98 Å². The Bertz CT molecular complexity index is 391. The minimum Gasteiger partial charge on any atom is -0.352 e. The van der Waals surface area contributed by atoms with E-state index in [1.54, 1.807) is 6.20 Å². The van der Waals surface area contributed by atoms with E-state index >= 15 is 0 Å². The van der Waals surface area contributed by atoms with Crippen LogP contribution in [0.15, 0.2) is 24.4 Å². The summed E-state index contributed by atoms with van der Waals surface area (Å²) in [4.78, 5) is 18.2. The van der Waals surface area contributed by atoms with Gasteiger partial charge in [0, 0.05) is 24.7 Å². The Morgan fingerprint density at radius 1 is 1.41 bits per heavy atom. The second-order valence-corrected chi connectivity index (χ2v) is 5.51. The SMILES string of the molecule is CC(C)(C)C(=O)NC1CN(c2ccccn2)C1. The molecule has 0 atom stereocenters. The highest BCUT2D eigenvalue weighted by molar-refractivity contribution is 5.82. The second kappa shape index (κ2) is 4.35. The number of nitrogens with zero attached hydrogens (tertiary/aromatic N) is 2. The summed E-state index contributed by atoms with van der Waals surface area (Å²) in [6.07, 6.45) is 1.79. The molecule has 1 aliphatic heterocycles. The number of pyridine rings is 1. The highest BCUT2D eigenvalue weighted by atomic mass is 16.2. The molecule has 1 amide bonds. The lowest BCUT2D eigenvalue weighted by Crippen LogP contribution is -2.61. The van der Waals surface area contributed by atoms with Gasteiger partial charge in [0.1, 0.15) is 5.82 Å². The van der Waals surface area contributed by atoms with Crippen LogP contribution in [0.3, 0.4) is 0 Å². The maximum atomic E-state index is 11.8.